The molecule has 1 aromatic carbocycles. The molecule has 0 aliphatic carbocycles. The maximum absolute atomic E-state index is 11.8. The van der Waals surface area contributed by atoms with E-state index in [1.165, 1.54) is 12.1 Å². The molecule has 1 aliphatic rings. The van der Waals surface area contributed by atoms with E-state index in [0.29, 0.717) is 22.3 Å². The minimum absolute atomic E-state index is 0.0116. The van der Waals surface area contributed by atoms with Crippen LogP contribution in [0, 0.1) is 13.7 Å². The van der Waals surface area contributed by atoms with E-state index >= 15 is 0 Å². The summed E-state index contributed by atoms with van der Waals surface area (Å²) in [5.74, 6) is -0.300. The smallest absolute Gasteiger partial charge is 0.270 e. The summed E-state index contributed by atoms with van der Waals surface area (Å²) in [5, 5.41) is 13.4. The average molecular weight is 348 g/mol. The number of carbonyl (C=O) groups is 1. The average Bonchev–Trinajstić information content (AvgIpc) is 2.23. The van der Waals surface area contributed by atoms with Gasteiger partial charge in [0.25, 0.3) is 11.6 Å². The van der Waals surface area contributed by atoms with Crippen molar-refractivity contribution < 1.29 is 14.5 Å². The summed E-state index contributed by atoms with van der Waals surface area (Å²) in [7, 11) is 0. The first-order chi connectivity index (χ1) is 8.08. The van der Waals surface area contributed by atoms with Crippen molar-refractivity contribution in [2.24, 2.45) is 0 Å². The molecule has 1 heterocycles. The zero-order chi connectivity index (χ0) is 12.4. The lowest BCUT2D eigenvalue weighted by Crippen LogP contribution is -2.48. The maximum atomic E-state index is 11.8. The zero-order valence-electron chi connectivity index (χ0n) is 8.68. The van der Waals surface area contributed by atoms with Crippen LogP contribution in [-0.4, -0.2) is 30.1 Å². The van der Waals surface area contributed by atoms with Crippen molar-refractivity contribution in [3.05, 3.63) is 37.4 Å². The largest absolute Gasteiger partial charge is 0.377 e. The van der Waals surface area contributed by atoms with E-state index in [1.807, 2.05) is 22.6 Å². The second-order valence-electron chi connectivity index (χ2n) is 3.63. The van der Waals surface area contributed by atoms with Gasteiger partial charge in [0.05, 0.1) is 29.7 Å². The molecule has 1 N–H and O–H groups in total. The van der Waals surface area contributed by atoms with Crippen LogP contribution in [0.4, 0.5) is 5.69 Å². The standard InChI is InChI=1S/C10H9IN2O4/c11-9-2-1-7(13(15)16)3-8(9)10(14)12-6-4-17-5-6/h1-3,6H,4-5H2,(H,12,14). The summed E-state index contributed by atoms with van der Waals surface area (Å²) in [6.07, 6.45) is 0. The van der Waals surface area contributed by atoms with E-state index in [4.69, 9.17) is 4.74 Å². The third kappa shape index (κ3) is 2.72. The molecule has 0 aromatic heterocycles. The number of non-ortho nitro benzene ring substituents is 1. The molecule has 1 aromatic rings. The number of nitrogens with zero attached hydrogens (tertiary/aromatic N) is 1. The summed E-state index contributed by atoms with van der Waals surface area (Å²) >= 11 is 1.98. The molecule has 2 rings (SSSR count). The fraction of sp³-hybridized carbons (Fsp3) is 0.300. The van der Waals surface area contributed by atoms with Crippen LogP contribution in [0.25, 0.3) is 0 Å². The number of nitro benzene ring substituents is 1. The Bertz CT molecular complexity index is 473. The van der Waals surface area contributed by atoms with E-state index in [9.17, 15) is 14.9 Å². The first kappa shape index (κ1) is 12.2. The van der Waals surface area contributed by atoms with Crippen molar-refractivity contribution >= 4 is 34.2 Å². The quantitative estimate of drug-likeness (QED) is 0.508. The second kappa shape index (κ2) is 4.96. The molecule has 1 saturated heterocycles. The molecule has 6 nitrogen and oxygen atoms in total. The van der Waals surface area contributed by atoms with Crippen LogP contribution in [0.3, 0.4) is 0 Å². The predicted molar refractivity (Wildman–Crippen MR) is 67.9 cm³/mol. The van der Waals surface area contributed by atoms with Gasteiger partial charge in [0.15, 0.2) is 0 Å². The zero-order valence-corrected chi connectivity index (χ0v) is 10.8. The van der Waals surface area contributed by atoms with Crippen LogP contribution in [0.5, 0.6) is 0 Å². The van der Waals surface area contributed by atoms with Gasteiger partial charge in [0, 0.05) is 15.7 Å². The van der Waals surface area contributed by atoms with Crippen LogP contribution in [0.15, 0.2) is 18.2 Å². The molecule has 0 spiro atoms. The highest BCUT2D eigenvalue weighted by Gasteiger charge is 2.23. The van der Waals surface area contributed by atoms with Crippen molar-refractivity contribution in [1.82, 2.24) is 5.32 Å². The van der Waals surface area contributed by atoms with Gasteiger partial charge in [-0.2, -0.15) is 0 Å². The van der Waals surface area contributed by atoms with Gasteiger partial charge in [-0.05, 0) is 28.7 Å². The Kier molecular flexibility index (Phi) is 3.57. The molecular weight excluding hydrogens is 339 g/mol. The van der Waals surface area contributed by atoms with Gasteiger partial charge < -0.3 is 10.1 Å². The maximum Gasteiger partial charge on any atom is 0.270 e. The minimum atomic E-state index is -0.515. The third-order valence-electron chi connectivity index (χ3n) is 2.38. The molecule has 0 unspecified atom stereocenters. The summed E-state index contributed by atoms with van der Waals surface area (Å²) in [6, 6.07) is 4.24. The van der Waals surface area contributed by atoms with E-state index in [1.54, 1.807) is 6.07 Å². The van der Waals surface area contributed by atoms with Crippen molar-refractivity contribution in [2.45, 2.75) is 6.04 Å². The first-order valence-electron chi connectivity index (χ1n) is 4.90. The Labute approximate surface area is 111 Å². The van der Waals surface area contributed by atoms with E-state index in [2.05, 4.69) is 5.32 Å². The summed E-state index contributed by atoms with van der Waals surface area (Å²) in [6.45, 7) is 0.995. The third-order valence-corrected chi connectivity index (χ3v) is 3.32. The number of nitro groups is 1. The summed E-state index contributed by atoms with van der Waals surface area (Å²) < 4.78 is 5.63. The second-order valence-corrected chi connectivity index (χ2v) is 4.79. The predicted octanol–water partition coefficient (Wildman–Crippen LogP) is 1.33. The molecule has 1 aliphatic heterocycles. The van der Waals surface area contributed by atoms with Gasteiger partial charge in [0.1, 0.15) is 0 Å². The molecule has 0 saturated carbocycles. The Morgan fingerprint density at radius 2 is 2.24 bits per heavy atom. The Balaban J connectivity index is 2.20. The molecule has 90 valence electrons. The van der Waals surface area contributed by atoms with Crippen LogP contribution in [0.2, 0.25) is 0 Å². The Hall–Kier alpha value is -1.22. The highest BCUT2D eigenvalue weighted by atomic mass is 127. The topological polar surface area (TPSA) is 81.5 Å². The van der Waals surface area contributed by atoms with E-state index in [-0.39, 0.29) is 17.6 Å². The highest BCUT2D eigenvalue weighted by Crippen LogP contribution is 2.19. The molecule has 7 heteroatoms. The first-order valence-corrected chi connectivity index (χ1v) is 5.98. The lowest BCUT2D eigenvalue weighted by Gasteiger charge is -2.26. The number of ether oxygens (including phenoxy) is 1. The molecule has 1 fully saturated rings. The lowest BCUT2D eigenvalue weighted by molar-refractivity contribution is -0.384. The molecule has 17 heavy (non-hydrogen) atoms. The van der Waals surface area contributed by atoms with Gasteiger partial charge in [0.2, 0.25) is 0 Å². The molecule has 0 atom stereocenters. The SMILES string of the molecule is O=C(NC1COC1)c1cc([N+](=O)[O-])ccc1I. The normalized spacial score (nSPS) is 15.1. The van der Waals surface area contributed by atoms with Crippen molar-refractivity contribution in [3.63, 3.8) is 0 Å². The monoisotopic (exact) mass is 348 g/mol. The number of halogens is 1. The number of benzene rings is 1. The highest BCUT2D eigenvalue weighted by molar-refractivity contribution is 14.1. The number of hydrogen-bond acceptors (Lipinski definition) is 4. The van der Waals surface area contributed by atoms with Crippen molar-refractivity contribution in [2.75, 3.05) is 13.2 Å². The fourth-order valence-corrected chi connectivity index (χ4v) is 1.96. The minimum Gasteiger partial charge on any atom is -0.377 e. The van der Waals surface area contributed by atoms with E-state index < -0.39 is 4.92 Å². The molecule has 0 bridgehead atoms. The number of rotatable bonds is 3. The van der Waals surface area contributed by atoms with Crippen LogP contribution in [0.1, 0.15) is 10.4 Å². The molecule has 0 radical (unpaired) electrons. The van der Waals surface area contributed by atoms with Crippen LogP contribution >= 0.6 is 22.6 Å². The number of carbonyl (C=O) groups excluding carboxylic acids is 1. The molecular formula is C10H9IN2O4. The summed E-state index contributed by atoms with van der Waals surface area (Å²) in [5.41, 5.74) is 0.243. The summed E-state index contributed by atoms with van der Waals surface area (Å²) in [4.78, 5) is 22.0. The van der Waals surface area contributed by atoms with Gasteiger partial charge >= 0.3 is 0 Å². The van der Waals surface area contributed by atoms with Crippen LogP contribution in [-0.2, 0) is 4.74 Å². The lowest BCUT2D eigenvalue weighted by atomic mass is 10.1. The molecule has 1 amide bonds. The Morgan fingerprint density at radius 3 is 2.76 bits per heavy atom. The van der Waals surface area contributed by atoms with E-state index in [0.717, 1.165) is 0 Å². The van der Waals surface area contributed by atoms with Crippen molar-refractivity contribution in [1.29, 1.82) is 0 Å². The number of nitrogens with one attached hydrogen (secondary N) is 1. The van der Waals surface area contributed by atoms with Gasteiger partial charge in [-0.1, -0.05) is 0 Å². The van der Waals surface area contributed by atoms with Crippen molar-refractivity contribution in [3.8, 4) is 0 Å². The number of amides is 1. The van der Waals surface area contributed by atoms with Gasteiger partial charge in [-0.15, -0.1) is 0 Å². The van der Waals surface area contributed by atoms with Crippen LogP contribution < -0.4 is 5.32 Å². The Morgan fingerprint density at radius 1 is 1.53 bits per heavy atom. The van der Waals surface area contributed by atoms with Gasteiger partial charge in [-0.25, -0.2) is 0 Å². The fourth-order valence-electron chi connectivity index (χ4n) is 1.38. The number of hydrogen-bond donors (Lipinski definition) is 1. The van der Waals surface area contributed by atoms with Gasteiger partial charge in [-0.3, -0.25) is 14.9 Å².